The zero-order chi connectivity index (χ0) is 15.9. The van der Waals surface area contributed by atoms with Crippen LogP contribution in [0.15, 0.2) is 48.5 Å². The summed E-state index contributed by atoms with van der Waals surface area (Å²) >= 11 is 0. The quantitative estimate of drug-likeness (QED) is 0.835. The Morgan fingerprint density at radius 2 is 1.64 bits per heavy atom. The highest BCUT2D eigenvalue weighted by Gasteiger charge is 2.16. The molecule has 3 nitrogen and oxygen atoms in total. The molecule has 0 heterocycles. The van der Waals surface area contributed by atoms with E-state index in [1.807, 2.05) is 30.3 Å². The van der Waals surface area contributed by atoms with Crippen LogP contribution >= 0.6 is 0 Å². The summed E-state index contributed by atoms with van der Waals surface area (Å²) in [6.45, 7) is 9.01. The molecule has 22 heavy (non-hydrogen) atoms. The Kier molecular flexibility index (Phi) is 5.99. The van der Waals surface area contributed by atoms with E-state index in [-0.39, 0.29) is 6.04 Å². The number of ether oxygens (including phenoxy) is 1. The molecule has 0 saturated carbocycles. The van der Waals surface area contributed by atoms with E-state index in [1.54, 1.807) is 0 Å². The van der Waals surface area contributed by atoms with Crippen LogP contribution in [0.5, 0.6) is 11.5 Å². The van der Waals surface area contributed by atoms with Crippen molar-refractivity contribution < 1.29 is 4.74 Å². The van der Waals surface area contributed by atoms with Crippen molar-refractivity contribution in [2.24, 2.45) is 5.73 Å². The summed E-state index contributed by atoms with van der Waals surface area (Å²) in [6.07, 6.45) is 0. The maximum atomic E-state index is 5.97. The zero-order valence-electron chi connectivity index (χ0n) is 13.8. The van der Waals surface area contributed by atoms with E-state index in [0.29, 0.717) is 6.54 Å². The molecule has 2 N–H and O–H groups in total. The Labute approximate surface area is 133 Å². The topological polar surface area (TPSA) is 38.5 Å². The Balaban J connectivity index is 2.14. The minimum Gasteiger partial charge on any atom is -0.457 e. The second-order valence-electron chi connectivity index (χ2n) is 5.41. The number of aryl methyl sites for hydroxylation is 1. The average Bonchev–Trinajstić information content (AvgIpc) is 2.55. The van der Waals surface area contributed by atoms with E-state index in [1.165, 1.54) is 5.56 Å². The summed E-state index contributed by atoms with van der Waals surface area (Å²) in [4.78, 5) is 2.37. The third kappa shape index (κ3) is 3.87. The van der Waals surface area contributed by atoms with Crippen molar-refractivity contribution in [3.63, 3.8) is 0 Å². The molecule has 0 aliphatic heterocycles. The molecule has 2 rings (SSSR count). The van der Waals surface area contributed by atoms with Gasteiger partial charge < -0.3 is 10.5 Å². The number of para-hydroxylation sites is 1. The van der Waals surface area contributed by atoms with E-state index in [4.69, 9.17) is 10.5 Å². The van der Waals surface area contributed by atoms with E-state index < -0.39 is 0 Å². The molecule has 2 aromatic carbocycles. The van der Waals surface area contributed by atoms with Crippen molar-refractivity contribution in [1.29, 1.82) is 0 Å². The third-order valence-corrected chi connectivity index (χ3v) is 4.06. The largest absolute Gasteiger partial charge is 0.457 e. The van der Waals surface area contributed by atoms with Crippen LogP contribution in [0.4, 0.5) is 0 Å². The van der Waals surface area contributed by atoms with Gasteiger partial charge in [0.1, 0.15) is 11.5 Å². The van der Waals surface area contributed by atoms with Crippen LogP contribution in [0, 0.1) is 6.92 Å². The van der Waals surface area contributed by atoms with Gasteiger partial charge in [-0.1, -0.05) is 44.2 Å². The molecule has 1 atom stereocenters. The molecule has 1 unspecified atom stereocenters. The van der Waals surface area contributed by atoms with Crippen molar-refractivity contribution in [1.82, 2.24) is 4.90 Å². The lowest BCUT2D eigenvalue weighted by Gasteiger charge is -2.29. The minimum atomic E-state index is 0.266. The van der Waals surface area contributed by atoms with Gasteiger partial charge >= 0.3 is 0 Å². The zero-order valence-corrected chi connectivity index (χ0v) is 13.8. The van der Waals surface area contributed by atoms with Gasteiger partial charge in [-0.2, -0.15) is 0 Å². The van der Waals surface area contributed by atoms with Gasteiger partial charge in [0, 0.05) is 12.6 Å². The number of nitrogens with two attached hydrogens (primary N) is 1. The van der Waals surface area contributed by atoms with Gasteiger partial charge in [-0.05, 0) is 49.3 Å². The second kappa shape index (κ2) is 7.97. The maximum absolute atomic E-state index is 5.97. The Morgan fingerprint density at radius 3 is 2.18 bits per heavy atom. The van der Waals surface area contributed by atoms with Crippen LogP contribution in [0.3, 0.4) is 0 Å². The second-order valence-corrected chi connectivity index (χ2v) is 5.41. The van der Waals surface area contributed by atoms with Crippen LogP contribution < -0.4 is 10.5 Å². The number of hydrogen-bond donors (Lipinski definition) is 1. The van der Waals surface area contributed by atoms with Crippen LogP contribution in [-0.2, 0) is 0 Å². The van der Waals surface area contributed by atoms with E-state index >= 15 is 0 Å². The molecule has 0 amide bonds. The molecule has 0 saturated heterocycles. The molecular formula is C19H26N2O. The monoisotopic (exact) mass is 298 g/mol. The molecule has 0 aromatic heterocycles. The highest BCUT2D eigenvalue weighted by Crippen LogP contribution is 2.27. The van der Waals surface area contributed by atoms with Gasteiger partial charge in [-0.25, -0.2) is 0 Å². The number of likely N-dealkylation sites (N-methyl/N-ethyl adjacent to an activating group) is 1. The van der Waals surface area contributed by atoms with Crippen LogP contribution in [0.2, 0.25) is 0 Å². The van der Waals surface area contributed by atoms with E-state index in [9.17, 15) is 0 Å². The summed E-state index contributed by atoms with van der Waals surface area (Å²) in [6, 6.07) is 16.6. The molecule has 0 radical (unpaired) electrons. The Morgan fingerprint density at radius 1 is 1.00 bits per heavy atom. The highest BCUT2D eigenvalue weighted by atomic mass is 16.5. The van der Waals surface area contributed by atoms with Gasteiger partial charge in [0.2, 0.25) is 0 Å². The number of hydrogen-bond acceptors (Lipinski definition) is 3. The average molecular weight is 298 g/mol. The first kappa shape index (κ1) is 16.5. The third-order valence-electron chi connectivity index (χ3n) is 4.06. The smallest absolute Gasteiger partial charge is 0.130 e. The first-order valence-corrected chi connectivity index (χ1v) is 7.97. The fraction of sp³-hybridized carbons (Fsp3) is 0.368. The van der Waals surface area contributed by atoms with Gasteiger partial charge in [0.15, 0.2) is 0 Å². The lowest BCUT2D eigenvalue weighted by molar-refractivity contribution is 0.224. The first-order valence-electron chi connectivity index (χ1n) is 7.97. The predicted molar refractivity (Wildman–Crippen MR) is 92.4 cm³/mol. The Bertz CT molecular complexity index is 576. The molecular weight excluding hydrogens is 272 g/mol. The van der Waals surface area contributed by atoms with Gasteiger partial charge in [0.05, 0.1) is 0 Å². The number of benzene rings is 2. The van der Waals surface area contributed by atoms with Crippen molar-refractivity contribution in [2.75, 3.05) is 19.6 Å². The summed E-state index contributed by atoms with van der Waals surface area (Å²) in [5.74, 6) is 1.75. The van der Waals surface area contributed by atoms with Crippen molar-refractivity contribution in [3.8, 4) is 11.5 Å². The summed E-state index contributed by atoms with van der Waals surface area (Å²) < 4.78 is 5.95. The molecule has 0 fully saturated rings. The fourth-order valence-electron chi connectivity index (χ4n) is 2.72. The van der Waals surface area contributed by atoms with Crippen molar-refractivity contribution in [2.45, 2.75) is 26.8 Å². The van der Waals surface area contributed by atoms with E-state index in [2.05, 4.69) is 43.9 Å². The summed E-state index contributed by atoms with van der Waals surface area (Å²) in [5, 5.41) is 0. The van der Waals surface area contributed by atoms with E-state index in [0.717, 1.165) is 30.2 Å². The summed E-state index contributed by atoms with van der Waals surface area (Å²) in [5.41, 5.74) is 8.34. The lowest BCUT2D eigenvalue weighted by atomic mass is 10.1. The highest BCUT2D eigenvalue weighted by molar-refractivity contribution is 5.38. The standard InChI is InChI=1S/C19H26N2O/c1-4-21(5-2)18(14-20)16-10-12-17(13-11-16)22-19-9-7-6-8-15(19)3/h6-13,18H,4-5,14,20H2,1-3H3. The van der Waals surface area contributed by atoms with Gasteiger partial charge in [-0.3, -0.25) is 4.90 Å². The SMILES string of the molecule is CCN(CC)C(CN)c1ccc(Oc2ccccc2C)cc1. The molecule has 2 aromatic rings. The molecule has 0 spiro atoms. The van der Waals surface area contributed by atoms with Gasteiger partial charge in [-0.15, -0.1) is 0 Å². The normalized spacial score (nSPS) is 12.4. The minimum absolute atomic E-state index is 0.266. The first-order chi connectivity index (χ1) is 10.7. The molecule has 0 aliphatic rings. The number of rotatable bonds is 7. The fourth-order valence-corrected chi connectivity index (χ4v) is 2.72. The van der Waals surface area contributed by atoms with Crippen LogP contribution in [0.25, 0.3) is 0 Å². The maximum Gasteiger partial charge on any atom is 0.130 e. The van der Waals surface area contributed by atoms with Crippen LogP contribution in [-0.4, -0.2) is 24.5 Å². The van der Waals surface area contributed by atoms with Crippen molar-refractivity contribution >= 4 is 0 Å². The summed E-state index contributed by atoms with van der Waals surface area (Å²) in [7, 11) is 0. The van der Waals surface area contributed by atoms with Crippen LogP contribution in [0.1, 0.15) is 31.0 Å². The molecule has 0 aliphatic carbocycles. The van der Waals surface area contributed by atoms with Crippen molar-refractivity contribution in [3.05, 3.63) is 59.7 Å². The number of nitrogens with zero attached hydrogens (tertiary/aromatic N) is 1. The molecule has 3 heteroatoms. The Hall–Kier alpha value is -1.84. The molecule has 118 valence electrons. The lowest BCUT2D eigenvalue weighted by Crippen LogP contribution is -2.33. The van der Waals surface area contributed by atoms with Gasteiger partial charge in [0.25, 0.3) is 0 Å². The molecule has 0 bridgehead atoms. The predicted octanol–water partition coefficient (Wildman–Crippen LogP) is 4.13.